The Hall–Kier alpha value is -0.770. The van der Waals surface area contributed by atoms with Crippen LogP contribution in [0.2, 0.25) is 5.02 Å². The molecule has 0 bridgehead atoms. The number of nitrogens with zero attached hydrogens (tertiary/aromatic N) is 1. The molecule has 1 heterocycles. The van der Waals surface area contributed by atoms with Crippen molar-refractivity contribution in [2.24, 2.45) is 11.7 Å². The van der Waals surface area contributed by atoms with Crippen molar-refractivity contribution in [3.05, 3.63) is 28.8 Å². The van der Waals surface area contributed by atoms with Crippen molar-refractivity contribution in [2.75, 3.05) is 18.0 Å². The lowest BCUT2D eigenvalue weighted by atomic mass is 10.0. The van der Waals surface area contributed by atoms with Gasteiger partial charge in [-0.1, -0.05) is 17.7 Å². The summed E-state index contributed by atoms with van der Waals surface area (Å²) in [5.74, 6) is 0.347. The first-order valence-electron chi connectivity index (χ1n) is 6.03. The molecule has 2 atom stereocenters. The monoisotopic (exact) mass is 254 g/mol. The van der Waals surface area contributed by atoms with Crippen LogP contribution >= 0.6 is 11.6 Å². The van der Waals surface area contributed by atoms with Crippen LogP contribution in [0.4, 0.5) is 5.69 Å². The second-order valence-electron chi connectivity index (χ2n) is 4.71. The van der Waals surface area contributed by atoms with Gasteiger partial charge in [-0.05, 0) is 31.0 Å². The van der Waals surface area contributed by atoms with Gasteiger partial charge in [0.2, 0.25) is 0 Å². The minimum absolute atomic E-state index is 0.250. The second-order valence-corrected chi connectivity index (χ2v) is 5.15. The van der Waals surface area contributed by atoms with Crippen LogP contribution in [0, 0.1) is 5.92 Å². The Balaban J connectivity index is 2.20. The van der Waals surface area contributed by atoms with E-state index in [1.54, 1.807) is 0 Å². The first kappa shape index (κ1) is 12.7. The molecule has 0 radical (unpaired) electrons. The van der Waals surface area contributed by atoms with Crippen LogP contribution in [0.5, 0.6) is 0 Å². The summed E-state index contributed by atoms with van der Waals surface area (Å²) in [6.07, 6.45) is 0.772. The van der Waals surface area contributed by atoms with E-state index in [0.717, 1.165) is 35.8 Å². The molecule has 17 heavy (non-hydrogen) atoms. The predicted octanol–water partition coefficient (Wildman–Crippen LogP) is 2.01. The Morgan fingerprint density at radius 2 is 2.35 bits per heavy atom. The van der Waals surface area contributed by atoms with Crippen molar-refractivity contribution in [1.29, 1.82) is 0 Å². The Morgan fingerprint density at radius 1 is 1.59 bits per heavy atom. The second kappa shape index (κ2) is 5.25. The van der Waals surface area contributed by atoms with E-state index in [2.05, 4.69) is 4.90 Å². The van der Waals surface area contributed by atoms with Crippen LogP contribution in [0.25, 0.3) is 0 Å². The number of benzene rings is 1. The largest absolute Gasteiger partial charge is 0.393 e. The van der Waals surface area contributed by atoms with Crippen molar-refractivity contribution in [2.45, 2.75) is 26.0 Å². The van der Waals surface area contributed by atoms with Gasteiger partial charge in [-0.15, -0.1) is 0 Å². The van der Waals surface area contributed by atoms with Gasteiger partial charge in [0.15, 0.2) is 0 Å². The molecule has 2 unspecified atom stereocenters. The standard InChI is InChI=1S/C13H19ClN2O/c1-9(17)11-4-5-16(8-11)13-6-12(14)3-2-10(13)7-15/h2-3,6,9,11,17H,4-5,7-8,15H2,1H3. The highest BCUT2D eigenvalue weighted by atomic mass is 35.5. The average Bonchev–Trinajstić information content (AvgIpc) is 2.78. The van der Waals surface area contributed by atoms with E-state index in [1.165, 1.54) is 0 Å². The van der Waals surface area contributed by atoms with E-state index in [0.29, 0.717) is 12.5 Å². The molecule has 0 aliphatic carbocycles. The normalized spacial score (nSPS) is 21.9. The zero-order chi connectivity index (χ0) is 12.4. The molecule has 1 aromatic rings. The molecule has 1 aromatic carbocycles. The fourth-order valence-electron chi connectivity index (χ4n) is 2.40. The Kier molecular flexibility index (Phi) is 3.92. The Morgan fingerprint density at radius 3 is 2.94 bits per heavy atom. The third-order valence-electron chi connectivity index (χ3n) is 3.51. The van der Waals surface area contributed by atoms with Crippen molar-refractivity contribution in [3.63, 3.8) is 0 Å². The zero-order valence-corrected chi connectivity index (χ0v) is 10.8. The van der Waals surface area contributed by atoms with Gasteiger partial charge in [-0.2, -0.15) is 0 Å². The van der Waals surface area contributed by atoms with Gasteiger partial charge in [0, 0.05) is 36.3 Å². The quantitative estimate of drug-likeness (QED) is 0.868. The number of hydrogen-bond acceptors (Lipinski definition) is 3. The summed E-state index contributed by atoms with van der Waals surface area (Å²) >= 11 is 6.03. The lowest BCUT2D eigenvalue weighted by molar-refractivity contribution is 0.136. The lowest BCUT2D eigenvalue weighted by Gasteiger charge is -2.22. The van der Waals surface area contributed by atoms with Gasteiger partial charge in [-0.25, -0.2) is 0 Å². The van der Waals surface area contributed by atoms with Crippen LogP contribution in [0.3, 0.4) is 0 Å². The minimum Gasteiger partial charge on any atom is -0.393 e. The number of halogens is 1. The van der Waals surface area contributed by atoms with E-state index in [9.17, 15) is 5.11 Å². The average molecular weight is 255 g/mol. The number of aliphatic hydroxyl groups excluding tert-OH is 1. The van der Waals surface area contributed by atoms with E-state index in [1.807, 2.05) is 25.1 Å². The Labute approximate surface area is 107 Å². The van der Waals surface area contributed by atoms with Crippen LogP contribution in [0.1, 0.15) is 18.9 Å². The summed E-state index contributed by atoms with van der Waals surface area (Å²) in [6.45, 7) is 4.21. The van der Waals surface area contributed by atoms with Gasteiger partial charge in [0.05, 0.1) is 6.10 Å². The SMILES string of the molecule is CC(O)C1CCN(c2cc(Cl)ccc2CN)C1. The molecule has 3 nitrogen and oxygen atoms in total. The number of hydrogen-bond donors (Lipinski definition) is 2. The first-order chi connectivity index (χ1) is 8.11. The lowest BCUT2D eigenvalue weighted by Crippen LogP contribution is -2.25. The summed E-state index contributed by atoms with van der Waals surface area (Å²) in [6, 6.07) is 5.82. The molecular formula is C13H19ClN2O. The number of aliphatic hydroxyl groups is 1. The molecule has 1 saturated heterocycles. The number of rotatable bonds is 3. The van der Waals surface area contributed by atoms with Crippen LogP contribution in [0.15, 0.2) is 18.2 Å². The minimum atomic E-state index is -0.250. The summed E-state index contributed by atoms with van der Waals surface area (Å²) in [4.78, 5) is 2.27. The molecule has 0 amide bonds. The molecule has 3 N–H and O–H groups in total. The molecule has 1 fully saturated rings. The molecule has 4 heteroatoms. The summed E-state index contributed by atoms with van der Waals surface area (Å²) in [5.41, 5.74) is 7.97. The van der Waals surface area contributed by atoms with Gasteiger partial charge in [-0.3, -0.25) is 0 Å². The van der Waals surface area contributed by atoms with E-state index in [-0.39, 0.29) is 6.10 Å². The fraction of sp³-hybridized carbons (Fsp3) is 0.538. The van der Waals surface area contributed by atoms with Crippen LogP contribution in [-0.2, 0) is 6.54 Å². The van der Waals surface area contributed by atoms with E-state index in [4.69, 9.17) is 17.3 Å². The highest BCUT2D eigenvalue weighted by Gasteiger charge is 2.27. The molecule has 0 spiro atoms. The molecule has 2 rings (SSSR count). The maximum absolute atomic E-state index is 9.62. The number of nitrogens with two attached hydrogens (primary N) is 1. The summed E-state index contributed by atoms with van der Waals surface area (Å²) in [7, 11) is 0. The smallest absolute Gasteiger partial charge is 0.0557 e. The topological polar surface area (TPSA) is 49.5 Å². The van der Waals surface area contributed by atoms with Crippen molar-refractivity contribution < 1.29 is 5.11 Å². The Bertz CT molecular complexity index is 395. The third kappa shape index (κ3) is 2.73. The van der Waals surface area contributed by atoms with Crippen molar-refractivity contribution >= 4 is 17.3 Å². The zero-order valence-electron chi connectivity index (χ0n) is 10.1. The third-order valence-corrected chi connectivity index (χ3v) is 3.75. The van der Waals surface area contributed by atoms with E-state index < -0.39 is 0 Å². The summed E-state index contributed by atoms with van der Waals surface area (Å²) in [5, 5.41) is 10.4. The predicted molar refractivity (Wildman–Crippen MR) is 71.3 cm³/mol. The van der Waals surface area contributed by atoms with Gasteiger partial charge >= 0.3 is 0 Å². The maximum atomic E-state index is 9.62. The number of anilines is 1. The first-order valence-corrected chi connectivity index (χ1v) is 6.41. The van der Waals surface area contributed by atoms with Crippen molar-refractivity contribution in [1.82, 2.24) is 0 Å². The molecule has 0 aromatic heterocycles. The van der Waals surface area contributed by atoms with Crippen LogP contribution < -0.4 is 10.6 Å². The molecule has 1 aliphatic heterocycles. The maximum Gasteiger partial charge on any atom is 0.0557 e. The van der Waals surface area contributed by atoms with Gasteiger partial charge in [0.1, 0.15) is 0 Å². The highest BCUT2D eigenvalue weighted by Crippen LogP contribution is 2.30. The van der Waals surface area contributed by atoms with Crippen LogP contribution in [-0.4, -0.2) is 24.3 Å². The molecule has 94 valence electrons. The highest BCUT2D eigenvalue weighted by molar-refractivity contribution is 6.30. The van der Waals surface area contributed by atoms with E-state index >= 15 is 0 Å². The summed E-state index contributed by atoms with van der Waals surface area (Å²) < 4.78 is 0. The molecule has 0 saturated carbocycles. The molecule has 1 aliphatic rings. The van der Waals surface area contributed by atoms with Crippen molar-refractivity contribution in [3.8, 4) is 0 Å². The molecular weight excluding hydrogens is 236 g/mol. The van der Waals surface area contributed by atoms with Gasteiger partial charge < -0.3 is 15.7 Å². The fourth-order valence-corrected chi connectivity index (χ4v) is 2.57. The van der Waals surface area contributed by atoms with Gasteiger partial charge in [0.25, 0.3) is 0 Å².